The van der Waals surface area contributed by atoms with Gasteiger partial charge in [0, 0.05) is 11.6 Å². The first-order chi connectivity index (χ1) is 6.77. The summed E-state index contributed by atoms with van der Waals surface area (Å²) in [5, 5.41) is 3.59. The summed E-state index contributed by atoms with van der Waals surface area (Å²) in [7, 11) is 0. The molecule has 1 amide bonds. The molecule has 1 saturated heterocycles. The van der Waals surface area contributed by atoms with Crippen LogP contribution in [0.15, 0.2) is 24.3 Å². The molecule has 3 heteroatoms. The second-order valence-corrected chi connectivity index (χ2v) is 3.97. The van der Waals surface area contributed by atoms with E-state index in [9.17, 15) is 4.79 Å². The average molecular weight is 210 g/mol. The molecule has 74 valence electrons. The Hall–Kier alpha value is -1.02. The van der Waals surface area contributed by atoms with Crippen molar-refractivity contribution in [2.75, 3.05) is 6.54 Å². The Kier molecular flexibility index (Phi) is 2.73. The standard InChI is InChI=1S/C11H12ClNO/c12-9-5-3-8(4-6-9)10-2-1-7-13-11(10)14/h3-6,10H,1-2,7H2,(H,13,14)/t10-/m1/s1. The molecule has 1 fully saturated rings. The highest BCUT2D eigenvalue weighted by Gasteiger charge is 2.23. The van der Waals surface area contributed by atoms with Crippen LogP contribution in [-0.4, -0.2) is 12.5 Å². The van der Waals surface area contributed by atoms with Crippen molar-refractivity contribution in [1.82, 2.24) is 5.32 Å². The van der Waals surface area contributed by atoms with Crippen LogP contribution in [0.3, 0.4) is 0 Å². The molecule has 0 aromatic heterocycles. The third kappa shape index (κ3) is 1.90. The van der Waals surface area contributed by atoms with Gasteiger partial charge >= 0.3 is 0 Å². The van der Waals surface area contributed by atoms with E-state index in [4.69, 9.17) is 11.6 Å². The van der Waals surface area contributed by atoms with Gasteiger partial charge in [-0.15, -0.1) is 0 Å². The Balaban J connectivity index is 2.20. The van der Waals surface area contributed by atoms with Gasteiger partial charge < -0.3 is 5.32 Å². The largest absolute Gasteiger partial charge is 0.356 e. The van der Waals surface area contributed by atoms with Gasteiger partial charge in [-0.05, 0) is 30.5 Å². The second kappa shape index (κ2) is 4.01. The molecule has 1 N–H and O–H groups in total. The highest BCUT2D eigenvalue weighted by Crippen LogP contribution is 2.25. The number of amides is 1. The highest BCUT2D eigenvalue weighted by atomic mass is 35.5. The maximum atomic E-state index is 11.5. The molecule has 14 heavy (non-hydrogen) atoms. The molecule has 0 saturated carbocycles. The van der Waals surface area contributed by atoms with Crippen LogP contribution in [-0.2, 0) is 4.79 Å². The third-order valence-electron chi connectivity index (χ3n) is 2.56. The first kappa shape index (κ1) is 9.53. The lowest BCUT2D eigenvalue weighted by Gasteiger charge is -2.21. The van der Waals surface area contributed by atoms with Gasteiger partial charge in [0.15, 0.2) is 0 Å². The summed E-state index contributed by atoms with van der Waals surface area (Å²) in [4.78, 5) is 11.5. The number of nitrogens with one attached hydrogen (secondary N) is 1. The molecule has 1 aliphatic rings. The van der Waals surface area contributed by atoms with Crippen LogP contribution in [0.5, 0.6) is 0 Å². The molecule has 2 nitrogen and oxygen atoms in total. The van der Waals surface area contributed by atoms with Crippen molar-refractivity contribution in [2.45, 2.75) is 18.8 Å². The Morgan fingerprint density at radius 2 is 2.00 bits per heavy atom. The number of hydrogen-bond donors (Lipinski definition) is 1. The van der Waals surface area contributed by atoms with Gasteiger partial charge in [0.05, 0.1) is 5.92 Å². The van der Waals surface area contributed by atoms with Gasteiger partial charge in [0.25, 0.3) is 0 Å². The molecule has 1 atom stereocenters. The lowest BCUT2D eigenvalue weighted by Crippen LogP contribution is -2.34. The van der Waals surface area contributed by atoms with Gasteiger partial charge in [0.1, 0.15) is 0 Å². The van der Waals surface area contributed by atoms with Gasteiger partial charge in [-0.3, -0.25) is 4.79 Å². The smallest absolute Gasteiger partial charge is 0.227 e. The Bertz CT molecular complexity index is 334. The predicted octanol–water partition coefficient (Wildman–Crippen LogP) is 2.33. The van der Waals surface area contributed by atoms with Crippen LogP contribution in [0.25, 0.3) is 0 Å². The monoisotopic (exact) mass is 209 g/mol. The molecule has 0 aliphatic carbocycles. The number of rotatable bonds is 1. The molecule has 1 aromatic carbocycles. The first-order valence-electron chi connectivity index (χ1n) is 4.80. The SMILES string of the molecule is O=C1NCCC[C@@H]1c1ccc(Cl)cc1. The summed E-state index contributed by atoms with van der Waals surface area (Å²) in [6.45, 7) is 0.808. The lowest BCUT2D eigenvalue weighted by atomic mass is 9.91. The molecular weight excluding hydrogens is 198 g/mol. The van der Waals surface area contributed by atoms with Gasteiger partial charge in [-0.1, -0.05) is 23.7 Å². The zero-order chi connectivity index (χ0) is 9.97. The number of carbonyl (C=O) groups is 1. The summed E-state index contributed by atoms with van der Waals surface area (Å²) < 4.78 is 0. The molecule has 0 unspecified atom stereocenters. The predicted molar refractivity (Wildman–Crippen MR) is 56.4 cm³/mol. The number of hydrogen-bond acceptors (Lipinski definition) is 1. The Morgan fingerprint density at radius 3 is 2.64 bits per heavy atom. The van der Waals surface area contributed by atoms with Crippen molar-refractivity contribution in [1.29, 1.82) is 0 Å². The maximum absolute atomic E-state index is 11.5. The minimum atomic E-state index is 0.0148. The molecular formula is C11H12ClNO. The molecule has 0 radical (unpaired) electrons. The van der Waals surface area contributed by atoms with E-state index in [2.05, 4.69) is 5.32 Å². The van der Waals surface area contributed by atoms with Crippen LogP contribution >= 0.6 is 11.6 Å². The second-order valence-electron chi connectivity index (χ2n) is 3.54. The fourth-order valence-electron chi connectivity index (χ4n) is 1.79. The summed E-state index contributed by atoms with van der Waals surface area (Å²) in [5.74, 6) is 0.152. The molecule has 1 aliphatic heterocycles. The van der Waals surface area contributed by atoms with Crippen LogP contribution < -0.4 is 5.32 Å². The number of halogens is 1. The fraction of sp³-hybridized carbons (Fsp3) is 0.364. The van der Waals surface area contributed by atoms with E-state index in [1.807, 2.05) is 24.3 Å². The topological polar surface area (TPSA) is 29.1 Å². The number of piperidine rings is 1. The Morgan fingerprint density at radius 1 is 1.29 bits per heavy atom. The third-order valence-corrected chi connectivity index (χ3v) is 2.81. The highest BCUT2D eigenvalue weighted by molar-refractivity contribution is 6.30. The molecule has 0 spiro atoms. The van der Waals surface area contributed by atoms with E-state index in [-0.39, 0.29) is 11.8 Å². The van der Waals surface area contributed by atoms with Crippen molar-refractivity contribution < 1.29 is 4.79 Å². The first-order valence-corrected chi connectivity index (χ1v) is 5.18. The zero-order valence-corrected chi connectivity index (χ0v) is 8.55. The summed E-state index contributed by atoms with van der Waals surface area (Å²) in [5.41, 5.74) is 1.06. The van der Waals surface area contributed by atoms with Crippen LogP contribution in [0.4, 0.5) is 0 Å². The van der Waals surface area contributed by atoms with E-state index in [0.29, 0.717) is 5.02 Å². The zero-order valence-electron chi connectivity index (χ0n) is 7.79. The van der Waals surface area contributed by atoms with E-state index in [0.717, 1.165) is 24.9 Å². The molecule has 0 bridgehead atoms. The van der Waals surface area contributed by atoms with E-state index >= 15 is 0 Å². The van der Waals surface area contributed by atoms with Crippen molar-refractivity contribution in [3.05, 3.63) is 34.9 Å². The van der Waals surface area contributed by atoms with Crippen LogP contribution in [0, 0.1) is 0 Å². The molecule has 2 rings (SSSR count). The van der Waals surface area contributed by atoms with Crippen LogP contribution in [0.2, 0.25) is 5.02 Å². The van der Waals surface area contributed by atoms with Crippen molar-refractivity contribution in [3.8, 4) is 0 Å². The van der Waals surface area contributed by atoms with E-state index < -0.39 is 0 Å². The average Bonchev–Trinajstić information content (AvgIpc) is 2.20. The lowest BCUT2D eigenvalue weighted by molar-refractivity contribution is -0.123. The summed E-state index contributed by atoms with van der Waals surface area (Å²) >= 11 is 5.79. The fourth-order valence-corrected chi connectivity index (χ4v) is 1.91. The van der Waals surface area contributed by atoms with Crippen LogP contribution in [0.1, 0.15) is 24.3 Å². The quantitative estimate of drug-likeness (QED) is 0.756. The van der Waals surface area contributed by atoms with Crippen molar-refractivity contribution in [2.24, 2.45) is 0 Å². The minimum absolute atomic E-state index is 0.0148. The number of benzene rings is 1. The normalized spacial score (nSPS) is 21.8. The molecule has 1 heterocycles. The van der Waals surface area contributed by atoms with Gasteiger partial charge in [-0.25, -0.2) is 0 Å². The molecule has 1 aromatic rings. The van der Waals surface area contributed by atoms with E-state index in [1.165, 1.54) is 0 Å². The van der Waals surface area contributed by atoms with E-state index in [1.54, 1.807) is 0 Å². The summed E-state index contributed by atoms with van der Waals surface area (Å²) in [6, 6.07) is 7.52. The van der Waals surface area contributed by atoms with Gasteiger partial charge in [0.2, 0.25) is 5.91 Å². The number of carbonyl (C=O) groups excluding carboxylic acids is 1. The van der Waals surface area contributed by atoms with Crippen molar-refractivity contribution in [3.63, 3.8) is 0 Å². The van der Waals surface area contributed by atoms with Gasteiger partial charge in [-0.2, -0.15) is 0 Å². The minimum Gasteiger partial charge on any atom is -0.356 e. The van der Waals surface area contributed by atoms with Crippen molar-refractivity contribution >= 4 is 17.5 Å². The Labute approximate surface area is 88.3 Å². The maximum Gasteiger partial charge on any atom is 0.227 e. The summed E-state index contributed by atoms with van der Waals surface area (Å²) in [6.07, 6.45) is 1.99.